The molecule has 0 bridgehead atoms. The molecule has 2 atom stereocenters. The van der Waals surface area contributed by atoms with Crippen molar-refractivity contribution in [3.63, 3.8) is 0 Å². The molecular formula is C42H61N3O4. The van der Waals surface area contributed by atoms with E-state index in [-0.39, 0.29) is 19.0 Å². The monoisotopic (exact) mass is 671 g/mol. The SMILES string of the molecule is CC.CC.CCCCC(CC)COCC(O)COc1ccc(-c2nc(-c3c(C)cc(C)cc3C)nc(-c3c(C)cc(C)cc3C)n2)c(O)c1. The average Bonchev–Trinajstić information content (AvgIpc) is 3.06. The van der Waals surface area contributed by atoms with Crippen LogP contribution in [-0.4, -0.2) is 51.1 Å². The van der Waals surface area contributed by atoms with Crippen LogP contribution >= 0.6 is 0 Å². The number of benzene rings is 3. The lowest BCUT2D eigenvalue weighted by atomic mass is 9.97. The van der Waals surface area contributed by atoms with Gasteiger partial charge in [-0.3, -0.25) is 0 Å². The number of ether oxygens (including phenoxy) is 2. The maximum atomic E-state index is 11.2. The van der Waals surface area contributed by atoms with Crippen LogP contribution in [0.5, 0.6) is 11.5 Å². The predicted molar refractivity (Wildman–Crippen MR) is 205 cm³/mol. The minimum absolute atomic E-state index is 0.0160. The van der Waals surface area contributed by atoms with Gasteiger partial charge in [0.25, 0.3) is 0 Å². The Kier molecular flexibility index (Phi) is 17.4. The van der Waals surface area contributed by atoms with E-state index in [1.165, 1.54) is 30.0 Å². The molecule has 4 aromatic rings. The van der Waals surface area contributed by atoms with Crippen molar-refractivity contribution in [3.8, 4) is 45.7 Å². The average molecular weight is 672 g/mol. The van der Waals surface area contributed by atoms with Gasteiger partial charge in [-0.1, -0.05) is 96.2 Å². The second kappa shape index (κ2) is 20.6. The second-order valence-electron chi connectivity index (χ2n) is 12.5. The first-order valence-electron chi connectivity index (χ1n) is 18.1. The molecule has 4 rings (SSSR count). The van der Waals surface area contributed by atoms with E-state index >= 15 is 0 Å². The smallest absolute Gasteiger partial charge is 0.167 e. The second-order valence-corrected chi connectivity index (χ2v) is 12.5. The van der Waals surface area contributed by atoms with Crippen molar-refractivity contribution >= 4 is 0 Å². The number of phenolic OH excluding ortho intramolecular Hbond substituents is 1. The minimum Gasteiger partial charge on any atom is -0.507 e. The fraction of sp³-hybridized carbons (Fsp3) is 0.500. The molecule has 2 N–H and O–H groups in total. The van der Waals surface area contributed by atoms with Crippen molar-refractivity contribution < 1.29 is 19.7 Å². The lowest BCUT2D eigenvalue weighted by Gasteiger charge is -2.17. The van der Waals surface area contributed by atoms with Gasteiger partial charge in [-0.2, -0.15) is 0 Å². The summed E-state index contributed by atoms with van der Waals surface area (Å²) in [7, 11) is 0. The molecule has 49 heavy (non-hydrogen) atoms. The summed E-state index contributed by atoms with van der Waals surface area (Å²) in [4.78, 5) is 14.8. The molecule has 7 nitrogen and oxygen atoms in total. The Bertz CT molecular complexity index is 1500. The zero-order chi connectivity index (χ0) is 36.7. The maximum Gasteiger partial charge on any atom is 0.167 e. The zero-order valence-electron chi connectivity index (χ0n) is 32.2. The largest absolute Gasteiger partial charge is 0.507 e. The molecule has 2 unspecified atom stereocenters. The van der Waals surface area contributed by atoms with Gasteiger partial charge in [0.2, 0.25) is 0 Å². The first-order chi connectivity index (χ1) is 23.5. The van der Waals surface area contributed by atoms with Gasteiger partial charge in [0.05, 0.1) is 12.2 Å². The number of phenols is 1. The zero-order valence-corrected chi connectivity index (χ0v) is 32.2. The van der Waals surface area contributed by atoms with Gasteiger partial charge in [-0.25, -0.2) is 15.0 Å². The van der Waals surface area contributed by atoms with E-state index < -0.39 is 6.10 Å². The molecule has 7 heteroatoms. The third-order valence-corrected chi connectivity index (χ3v) is 8.30. The molecule has 0 saturated heterocycles. The Morgan fingerprint density at radius 2 is 1.14 bits per heavy atom. The topological polar surface area (TPSA) is 97.6 Å². The molecule has 0 radical (unpaired) electrons. The number of aromatic hydroxyl groups is 1. The van der Waals surface area contributed by atoms with Crippen molar-refractivity contribution in [2.45, 2.75) is 115 Å². The third-order valence-electron chi connectivity index (χ3n) is 8.30. The van der Waals surface area contributed by atoms with Crippen LogP contribution in [0.1, 0.15) is 101 Å². The van der Waals surface area contributed by atoms with Crippen molar-refractivity contribution in [3.05, 3.63) is 75.8 Å². The lowest BCUT2D eigenvalue weighted by Crippen LogP contribution is -2.25. The Hall–Kier alpha value is -3.81. The number of hydrogen-bond donors (Lipinski definition) is 2. The van der Waals surface area contributed by atoms with Gasteiger partial charge >= 0.3 is 0 Å². The normalized spacial score (nSPS) is 11.9. The van der Waals surface area contributed by atoms with Crippen molar-refractivity contribution in [1.82, 2.24) is 15.0 Å². The van der Waals surface area contributed by atoms with Gasteiger partial charge in [-0.05, 0) is 88.3 Å². The molecule has 0 spiro atoms. The van der Waals surface area contributed by atoms with Crippen LogP contribution in [0.25, 0.3) is 34.2 Å². The van der Waals surface area contributed by atoms with Crippen LogP contribution < -0.4 is 4.74 Å². The maximum absolute atomic E-state index is 11.2. The predicted octanol–water partition coefficient (Wildman–Crippen LogP) is 10.5. The Balaban J connectivity index is 0.00000201. The lowest BCUT2D eigenvalue weighted by molar-refractivity contribution is -0.00111. The van der Waals surface area contributed by atoms with Gasteiger partial charge in [-0.15, -0.1) is 0 Å². The number of aryl methyl sites for hydroxylation is 6. The van der Waals surface area contributed by atoms with Crippen LogP contribution in [0.4, 0.5) is 0 Å². The summed E-state index contributed by atoms with van der Waals surface area (Å²) in [6.07, 6.45) is 3.80. The Morgan fingerprint density at radius 3 is 1.59 bits per heavy atom. The summed E-state index contributed by atoms with van der Waals surface area (Å²) >= 11 is 0. The number of nitrogens with zero attached hydrogens (tertiary/aromatic N) is 3. The van der Waals surface area contributed by atoms with Crippen molar-refractivity contribution in [1.29, 1.82) is 0 Å². The molecule has 0 aliphatic heterocycles. The number of aromatic nitrogens is 3. The fourth-order valence-corrected chi connectivity index (χ4v) is 6.09. The van der Waals surface area contributed by atoms with Crippen LogP contribution in [0.2, 0.25) is 0 Å². The van der Waals surface area contributed by atoms with E-state index in [1.807, 2.05) is 27.7 Å². The summed E-state index contributed by atoms with van der Waals surface area (Å²) in [6.45, 7) is 25.7. The fourth-order valence-electron chi connectivity index (χ4n) is 6.09. The number of aliphatic hydroxyl groups is 1. The summed E-state index contributed by atoms with van der Waals surface area (Å²) in [6, 6.07) is 13.6. The van der Waals surface area contributed by atoms with Gasteiger partial charge in [0.1, 0.15) is 24.2 Å². The number of aliphatic hydroxyl groups excluding tert-OH is 1. The highest BCUT2D eigenvalue weighted by Crippen LogP contribution is 2.35. The standard InChI is InChI=1S/C38H49N3O4.2C2H6/c1-9-11-12-29(10-2)20-44-21-30(42)22-45-31-13-14-32(33(43)19-31)36-39-37(34-25(5)15-23(3)16-26(34)6)41-38(40-36)35-27(7)17-24(4)18-28(35)8;2*1-2/h13-19,29-30,42-43H,9-12,20-22H2,1-8H3;2*1-2H3. The van der Waals surface area contributed by atoms with Crippen LogP contribution in [0, 0.1) is 47.5 Å². The molecule has 3 aromatic carbocycles. The van der Waals surface area contributed by atoms with E-state index in [4.69, 9.17) is 24.4 Å². The number of hydrogen-bond acceptors (Lipinski definition) is 7. The van der Waals surface area contributed by atoms with E-state index in [1.54, 1.807) is 12.1 Å². The van der Waals surface area contributed by atoms with E-state index in [9.17, 15) is 10.2 Å². The third kappa shape index (κ3) is 11.6. The molecule has 0 amide bonds. The quantitative estimate of drug-likeness (QED) is 0.138. The van der Waals surface area contributed by atoms with E-state index in [0.717, 1.165) is 46.2 Å². The van der Waals surface area contributed by atoms with Crippen LogP contribution in [0.15, 0.2) is 42.5 Å². The molecule has 1 heterocycles. The highest BCUT2D eigenvalue weighted by molar-refractivity contribution is 5.74. The van der Waals surface area contributed by atoms with Crippen LogP contribution in [0.3, 0.4) is 0 Å². The molecule has 0 fully saturated rings. The molecular weight excluding hydrogens is 610 g/mol. The summed E-state index contributed by atoms with van der Waals surface area (Å²) in [5.41, 5.74) is 9.05. The summed E-state index contributed by atoms with van der Waals surface area (Å²) in [5.74, 6) is 2.43. The highest BCUT2D eigenvalue weighted by Gasteiger charge is 2.20. The highest BCUT2D eigenvalue weighted by atomic mass is 16.5. The summed E-state index contributed by atoms with van der Waals surface area (Å²) < 4.78 is 11.6. The van der Waals surface area contributed by atoms with Crippen LogP contribution in [-0.2, 0) is 4.74 Å². The van der Waals surface area contributed by atoms with Crippen molar-refractivity contribution in [2.75, 3.05) is 19.8 Å². The first-order valence-corrected chi connectivity index (χ1v) is 18.1. The van der Waals surface area contributed by atoms with E-state index in [0.29, 0.717) is 41.3 Å². The van der Waals surface area contributed by atoms with E-state index in [2.05, 4.69) is 79.7 Å². The Labute approximate surface area is 296 Å². The van der Waals surface area contributed by atoms with Gasteiger partial charge in [0.15, 0.2) is 17.5 Å². The minimum atomic E-state index is -0.772. The molecule has 1 aromatic heterocycles. The molecule has 0 aliphatic rings. The van der Waals surface area contributed by atoms with Gasteiger partial charge < -0.3 is 19.7 Å². The number of unbranched alkanes of at least 4 members (excludes halogenated alkanes) is 1. The molecule has 0 saturated carbocycles. The number of rotatable bonds is 14. The Morgan fingerprint density at radius 1 is 0.653 bits per heavy atom. The van der Waals surface area contributed by atoms with Gasteiger partial charge in [0, 0.05) is 23.8 Å². The van der Waals surface area contributed by atoms with Crippen molar-refractivity contribution in [2.24, 2.45) is 5.92 Å². The first kappa shape index (κ1) is 41.4. The summed E-state index contributed by atoms with van der Waals surface area (Å²) in [5, 5.41) is 21.6. The molecule has 0 aliphatic carbocycles. The molecule has 268 valence electrons.